The van der Waals surface area contributed by atoms with Crippen LogP contribution in [0.4, 0.5) is 0 Å². The Morgan fingerprint density at radius 2 is 1.83 bits per heavy atom. The third-order valence-corrected chi connectivity index (χ3v) is 3.25. The third-order valence-electron chi connectivity index (χ3n) is 1.95. The van der Waals surface area contributed by atoms with Gasteiger partial charge in [0.05, 0.1) is 5.56 Å². The smallest absolute Gasteiger partial charge is 1.00 e. The van der Waals surface area contributed by atoms with Gasteiger partial charge in [-0.05, 0) is 17.7 Å². The Kier molecular flexibility index (Phi) is 6.72. The first-order valence-corrected chi connectivity index (χ1v) is 6.04. The Bertz CT molecular complexity index is 543. The number of hydrogen-bond donors (Lipinski definition) is 1. The number of carboxylic acids is 1. The molecule has 0 saturated heterocycles. The van der Waals surface area contributed by atoms with Gasteiger partial charge in [0.25, 0.3) is 0 Å². The Balaban J connectivity index is 0. The van der Waals surface area contributed by atoms with E-state index in [0.29, 0.717) is 5.56 Å². The average molecular weight is 280 g/mol. The van der Waals surface area contributed by atoms with Crippen molar-refractivity contribution in [1.29, 1.82) is 0 Å². The molecule has 0 spiro atoms. The fourth-order valence-corrected chi connectivity index (χ4v) is 1.38. The summed E-state index contributed by atoms with van der Waals surface area (Å²) in [6.07, 6.45) is 1.17. The number of benzene rings is 1. The van der Waals surface area contributed by atoms with Crippen molar-refractivity contribution in [3.05, 3.63) is 35.4 Å². The Morgan fingerprint density at radius 1 is 1.33 bits per heavy atom. The minimum atomic E-state index is -3.64. The summed E-state index contributed by atoms with van der Waals surface area (Å²) in [6, 6.07) is 5.73. The minimum Gasteiger partial charge on any atom is -1.00 e. The molecule has 0 radical (unpaired) electrons. The molecule has 6 nitrogen and oxygen atoms in total. The molecular weight excluding hydrogens is 267 g/mol. The first-order chi connectivity index (χ1) is 7.83. The molecule has 18 heavy (non-hydrogen) atoms. The van der Waals surface area contributed by atoms with Crippen molar-refractivity contribution in [2.45, 2.75) is 0 Å². The standard InChI is InChI=1S/C10H12N2O4S.Na.H/c1-12(2)17(15,16)11-7-8-3-5-9(6-4-8)10(13)14;;/h3-7H,1-2H3,(H,13,14);;/q;+1;-1. The van der Waals surface area contributed by atoms with Gasteiger partial charge in [0.1, 0.15) is 0 Å². The molecule has 0 fully saturated rings. The summed E-state index contributed by atoms with van der Waals surface area (Å²) in [5.74, 6) is -1.03. The molecule has 0 aliphatic heterocycles. The quantitative estimate of drug-likeness (QED) is 0.497. The summed E-state index contributed by atoms with van der Waals surface area (Å²) >= 11 is 0. The topological polar surface area (TPSA) is 87.0 Å². The predicted molar refractivity (Wildman–Crippen MR) is 64.7 cm³/mol. The van der Waals surface area contributed by atoms with E-state index in [1.165, 1.54) is 44.6 Å². The minimum absolute atomic E-state index is 0. The molecule has 0 saturated carbocycles. The zero-order valence-corrected chi connectivity index (χ0v) is 13.2. The normalized spacial score (nSPS) is 11.5. The first kappa shape index (κ1) is 17.3. The van der Waals surface area contributed by atoms with Gasteiger partial charge in [-0.2, -0.15) is 17.1 Å². The van der Waals surface area contributed by atoms with Crippen molar-refractivity contribution >= 4 is 22.4 Å². The zero-order chi connectivity index (χ0) is 13.1. The fourth-order valence-electron chi connectivity index (χ4n) is 0.934. The molecule has 0 amide bonds. The van der Waals surface area contributed by atoms with Crippen LogP contribution < -0.4 is 29.6 Å². The van der Waals surface area contributed by atoms with Crippen LogP contribution in [0.3, 0.4) is 0 Å². The van der Waals surface area contributed by atoms with Crippen molar-refractivity contribution in [1.82, 2.24) is 4.31 Å². The number of hydrogen-bond acceptors (Lipinski definition) is 3. The summed E-state index contributed by atoms with van der Waals surface area (Å²) < 4.78 is 27.0. The van der Waals surface area contributed by atoms with Gasteiger partial charge in [-0.25, -0.2) is 4.79 Å². The Morgan fingerprint density at radius 3 is 2.22 bits per heavy atom. The molecule has 0 aliphatic rings. The third kappa shape index (κ3) is 4.87. The number of carboxylic acid groups (broad SMARTS) is 1. The Hall–Kier alpha value is -0.730. The summed E-state index contributed by atoms with van der Waals surface area (Å²) in [7, 11) is -0.886. The van der Waals surface area contributed by atoms with Crippen LogP contribution in [0.25, 0.3) is 0 Å². The molecule has 1 aromatic carbocycles. The van der Waals surface area contributed by atoms with Crippen molar-refractivity contribution in [3.8, 4) is 0 Å². The molecule has 0 heterocycles. The summed E-state index contributed by atoms with van der Waals surface area (Å²) in [5.41, 5.74) is 0.651. The van der Waals surface area contributed by atoms with E-state index >= 15 is 0 Å². The van der Waals surface area contributed by atoms with Crippen LogP contribution in [-0.2, 0) is 10.2 Å². The maximum Gasteiger partial charge on any atom is 1.00 e. The summed E-state index contributed by atoms with van der Waals surface area (Å²) in [5, 5.41) is 8.67. The maximum absolute atomic E-state index is 11.3. The van der Waals surface area contributed by atoms with Gasteiger partial charge in [0, 0.05) is 20.3 Å². The van der Waals surface area contributed by atoms with Gasteiger partial charge in [-0.15, -0.1) is 0 Å². The molecule has 0 unspecified atom stereocenters. The molecule has 0 atom stereocenters. The van der Waals surface area contributed by atoms with Crippen LogP contribution >= 0.6 is 0 Å². The maximum atomic E-state index is 11.3. The van der Waals surface area contributed by atoms with Crippen LogP contribution in [0.5, 0.6) is 0 Å². The average Bonchev–Trinajstić information content (AvgIpc) is 2.27. The summed E-state index contributed by atoms with van der Waals surface area (Å²) in [6.45, 7) is 0. The SMILES string of the molecule is CN(C)S(=O)(=O)N=Cc1ccc(C(=O)O)cc1.[H-].[Na+]. The van der Waals surface area contributed by atoms with Crippen LogP contribution in [0.2, 0.25) is 0 Å². The van der Waals surface area contributed by atoms with Crippen LogP contribution in [0, 0.1) is 0 Å². The van der Waals surface area contributed by atoms with Crippen molar-refractivity contribution in [3.63, 3.8) is 0 Å². The van der Waals surface area contributed by atoms with E-state index in [1.54, 1.807) is 0 Å². The fraction of sp³-hybridized carbons (Fsp3) is 0.200. The van der Waals surface area contributed by atoms with Crippen LogP contribution in [-0.4, -0.2) is 44.1 Å². The molecular formula is C10H13N2NaO4S. The van der Waals surface area contributed by atoms with E-state index in [-0.39, 0.29) is 36.5 Å². The number of carbonyl (C=O) groups is 1. The van der Waals surface area contributed by atoms with Gasteiger partial charge < -0.3 is 6.53 Å². The van der Waals surface area contributed by atoms with Crippen LogP contribution in [0.1, 0.15) is 17.3 Å². The molecule has 1 aromatic rings. The van der Waals surface area contributed by atoms with Gasteiger partial charge in [-0.3, -0.25) is 0 Å². The van der Waals surface area contributed by atoms with Crippen molar-refractivity contribution in [2.75, 3.05) is 14.1 Å². The van der Waals surface area contributed by atoms with E-state index in [0.717, 1.165) is 4.31 Å². The molecule has 0 bridgehead atoms. The van der Waals surface area contributed by atoms with Gasteiger partial charge >= 0.3 is 45.7 Å². The number of nitrogens with zero attached hydrogens (tertiary/aromatic N) is 2. The Labute approximate surface area is 129 Å². The molecule has 8 heteroatoms. The number of rotatable bonds is 4. The predicted octanol–water partition coefficient (Wildman–Crippen LogP) is -2.27. The van der Waals surface area contributed by atoms with E-state index in [2.05, 4.69) is 4.40 Å². The van der Waals surface area contributed by atoms with E-state index in [4.69, 9.17) is 5.11 Å². The largest absolute Gasteiger partial charge is 1.00 e. The molecule has 94 valence electrons. The summed E-state index contributed by atoms with van der Waals surface area (Å²) in [4.78, 5) is 10.6. The monoisotopic (exact) mass is 280 g/mol. The number of aromatic carboxylic acids is 1. The second-order valence-corrected chi connectivity index (χ2v) is 5.26. The second-order valence-electron chi connectivity index (χ2n) is 3.42. The van der Waals surface area contributed by atoms with E-state index in [1.807, 2.05) is 0 Å². The molecule has 0 aromatic heterocycles. The van der Waals surface area contributed by atoms with Crippen LogP contribution in [0.15, 0.2) is 28.7 Å². The first-order valence-electron chi connectivity index (χ1n) is 4.64. The van der Waals surface area contributed by atoms with Gasteiger partial charge in [-0.1, -0.05) is 12.1 Å². The van der Waals surface area contributed by atoms with E-state index in [9.17, 15) is 13.2 Å². The molecule has 0 aliphatic carbocycles. The van der Waals surface area contributed by atoms with Crippen molar-refractivity contribution in [2.24, 2.45) is 4.40 Å². The zero-order valence-electron chi connectivity index (χ0n) is 11.4. The molecule has 1 rings (SSSR count). The molecule has 1 N–H and O–H groups in total. The van der Waals surface area contributed by atoms with E-state index < -0.39 is 16.2 Å². The van der Waals surface area contributed by atoms with Gasteiger partial charge in [0.15, 0.2) is 0 Å². The van der Waals surface area contributed by atoms with Crippen molar-refractivity contribution < 1.29 is 49.3 Å². The van der Waals surface area contributed by atoms with Gasteiger partial charge in [0.2, 0.25) is 0 Å². The second kappa shape index (κ2) is 7.01.